The van der Waals surface area contributed by atoms with Crippen LogP contribution in [0.2, 0.25) is 0 Å². The number of rotatable bonds is 1. The molecule has 0 amide bonds. The Morgan fingerprint density at radius 3 is 2.47 bits per heavy atom. The van der Waals surface area contributed by atoms with Crippen molar-refractivity contribution in [2.24, 2.45) is 39.4 Å². The first kappa shape index (κ1) is 21.0. The summed E-state index contributed by atoms with van der Waals surface area (Å²) in [4.78, 5) is 12.9. The summed E-state index contributed by atoms with van der Waals surface area (Å²) in [7, 11) is 0. The third-order valence-corrected chi connectivity index (χ3v) is 11.1. The number of esters is 1. The quantitative estimate of drug-likeness (QED) is 0.612. The molecule has 30 heavy (non-hydrogen) atoms. The van der Waals surface area contributed by atoms with E-state index < -0.39 is 11.5 Å². The summed E-state index contributed by atoms with van der Waals surface area (Å²) >= 11 is 0. The summed E-state index contributed by atoms with van der Waals surface area (Å²) in [6, 6.07) is 0. The fourth-order valence-electron chi connectivity index (χ4n) is 9.78. The molecule has 0 aromatic carbocycles. The lowest BCUT2D eigenvalue weighted by Gasteiger charge is -2.70. The minimum atomic E-state index is -0.559. The second-order valence-electron chi connectivity index (χ2n) is 12.5. The van der Waals surface area contributed by atoms with Gasteiger partial charge in [-0.05, 0) is 86.0 Å². The van der Waals surface area contributed by atoms with Gasteiger partial charge in [-0.15, -0.1) is 0 Å². The Kier molecular flexibility index (Phi) is 4.44. The molecule has 5 rings (SSSR count). The van der Waals surface area contributed by atoms with Gasteiger partial charge in [0.1, 0.15) is 6.10 Å². The topological polar surface area (TPSA) is 66.8 Å². The molecule has 0 radical (unpaired) electrons. The minimum absolute atomic E-state index is 0.0330. The van der Waals surface area contributed by atoms with Crippen molar-refractivity contribution in [2.75, 3.05) is 6.61 Å². The number of carbonyl (C=O) groups excluding carboxylic acids is 1. The van der Waals surface area contributed by atoms with E-state index in [-0.39, 0.29) is 40.8 Å². The molecule has 0 bridgehead atoms. The van der Waals surface area contributed by atoms with Crippen LogP contribution in [-0.2, 0) is 9.53 Å². The third-order valence-electron chi connectivity index (χ3n) is 11.1. The van der Waals surface area contributed by atoms with E-state index in [2.05, 4.69) is 27.7 Å². The van der Waals surface area contributed by atoms with Crippen LogP contribution in [0.1, 0.15) is 86.0 Å². The highest BCUT2D eigenvalue weighted by Gasteiger charge is 2.69. The highest BCUT2D eigenvalue weighted by Crippen LogP contribution is 2.73. The molecular formula is C26H40O4. The van der Waals surface area contributed by atoms with Gasteiger partial charge in [0.15, 0.2) is 0 Å². The predicted molar refractivity (Wildman–Crippen MR) is 116 cm³/mol. The first-order chi connectivity index (χ1) is 14.0. The number of hydrogen-bond acceptors (Lipinski definition) is 4. The highest BCUT2D eigenvalue weighted by molar-refractivity contribution is 5.94. The summed E-state index contributed by atoms with van der Waals surface area (Å²) < 4.78 is 5.63. The van der Waals surface area contributed by atoms with Gasteiger partial charge in [-0.3, -0.25) is 0 Å². The second kappa shape index (κ2) is 6.34. The van der Waals surface area contributed by atoms with E-state index in [9.17, 15) is 15.0 Å². The minimum Gasteiger partial charge on any atom is -0.455 e. The molecular weight excluding hydrogens is 376 g/mol. The standard InChI is InChI=1S/C26H40O4/c1-15-16-7-8-18-24(4)12-9-17-23(2,3)10-6-11-26(17,14-27)19(24)13-20(28)25(18,5)21(16)22(29)30-15/h15,17-20,27-28H,6-14H2,1-5H3/t15-,17-,18+,19+,20-,24+,25-,26-/m1/s1. The van der Waals surface area contributed by atoms with E-state index >= 15 is 0 Å². The molecule has 1 heterocycles. The molecule has 0 saturated heterocycles. The van der Waals surface area contributed by atoms with Crippen LogP contribution in [0.4, 0.5) is 0 Å². The zero-order chi connectivity index (χ0) is 21.7. The maximum Gasteiger partial charge on any atom is 0.335 e. The molecule has 3 saturated carbocycles. The molecule has 3 fully saturated rings. The van der Waals surface area contributed by atoms with E-state index in [1.807, 2.05) is 6.92 Å². The lowest BCUT2D eigenvalue weighted by molar-refractivity contribution is -0.233. The molecule has 4 heteroatoms. The molecule has 8 atom stereocenters. The normalized spacial score (nSPS) is 52.1. The van der Waals surface area contributed by atoms with Gasteiger partial charge in [-0.2, -0.15) is 0 Å². The predicted octanol–water partition coefficient (Wildman–Crippen LogP) is 4.63. The van der Waals surface area contributed by atoms with E-state index in [4.69, 9.17) is 4.74 Å². The molecule has 0 unspecified atom stereocenters. The van der Waals surface area contributed by atoms with Crippen LogP contribution in [-0.4, -0.2) is 35.0 Å². The maximum atomic E-state index is 12.9. The van der Waals surface area contributed by atoms with Gasteiger partial charge in [0.25, 0.3) is 0 Å². The lowest BCUT2D eigenvalue weighted by atomic mass is 9.35. The summed E-state index contributed by atoms with van der Waals surface area (Å²) in [6.45, 7) is 11.5. The van der Waals surface area contributed by atoms with E-state index in [0.717, 1.165) is 49.7 Å². The van der Waals surface area contributed by atoms with Crippen LogP contribution < -0.4 is 0 Å². The van der Waals surface area contributed by atoms with Crippen molar-refractivity contribution in [3.05, 3.63) is 11.1 Å². The molecule has 5 aliphatic rings. The van der Waals surface area contributed by atoms with Gasteiger partial charge in [0.2, 0.25) is 0 Å². The van der Waals surface area contributed by atoms with Crippen molar-refractivity contribution in [3.63, 3.8) is 0 Å². The van der Waals surface area contributed by atoms with Gasteiger partial charge in [-0.1, -0.05) is 34.1 Å². The van der Waals surface area contributed by atoms with Crippen LogP contribution in [0.25, 0.3) is 0 Å². The van der Waals surface area contributed by atoms with Crippen molar-refractivity contribution >= 4 is 5.97 Å². The Bertz CT molecular complexity index is 799. The van der Waals surface area contributed by atoms with Crippen molar-refractivity contribution in [3.8, 4) is 0 Å². The molecule has 0 aromatic heterocycles. The number of fused-ring (bicyclic) bond motifs is 6. The maximum absolute atomic E-state index is 12.9. The molecule has 0 spiro atoms. The second-order valence-corrected chi connectivity index (χ2v) is 12.5. The molecule has 0 aromatic rings. The van der Waals surface area contributed by atoms with Crippen LogP contribution in [0.3, 0.4) is 0 Å². The summed E-state index contributed by atoms with van der Waals surface area (Å²) in [6.07, 6.45) is 7.63. The molecule has 1 aliphatic heterocycles. The SMILES string of the molecule is C[C@H]1OC(=O)C2=C1CC[C@H]1[C@]3(C)CC[C@@H]4C(C)(C)CCC[C@]4(CO)[C@H]3C[C@@H](O)[C@]21C. The summed E-state index contributed by atoms with van der Waals surface area (Å²) in [5.74, 6) is 0.867. The zero-order valence-corrected chi connectivity index (χ0v) is 19.5. The van der Waals surface area contributed by atoms with Gasteiger partial charge >= 0.3 is 5.97 Å². The van der Waals surface area contributed by atoms with Crippen LogP contribution in [0, 0.1) is 39.4 Å². The van der Waals surface area contributed by atoms with Crippen LogP contribution >= 0.6 is 0 Å². The van der Waals surface area contributed by atoms with E-state index in [0.29, 0.717) is 18.3 Å². The summed E-state index contributed by atoms with van der Waals surface area (Å²) in [5.41, 5.74) is 1.56. The van der Waals surface area contributed by atoms with Crippen molar-refractivity contribution in [1.29, 1.82) is 0 Å². The van der Waals surface area contributed by atoms with E-state index in [1.165, 1.54) is 6.42 Å². The van der Waals surface area contributed by atoms with Gasteiger partial charge in [-0.25, -0.2) is 4.79 Å². The van der Waals surface area contributed by atoms with Crippen molar-refractivity contribution in [1.82, 2.24) is 0 Å². The lowest BCUT2D eigenvalue weighted by Crippen LogP contribution is -2.66. The first-order valence-corrected chi connectivity index (χ1v) is 12.3. The van der Waals surface area contributed by atoms with Gasteiger partial charge in [0, 0.05) is 23.0 Å². The number of aliphatic hydroxyl groups excluding tert-OH is 2. The Labute approximate surface area is 181 Å². The Hall–Kier alpha value is -0.870. The largest absolute Gasteiger partial charge is 0.455 e. The average molecular weight is 417 g/mol. The number of ether oxygens (including phenoxy) is 1. The molecule has 168 valence electrons. The van der Waals surface area contributed by atoms with Crippen LogP contribution in [0.15, 0.2) is 11.1 Å². The van der Waals surface area contributed by atoms with Crippen molar-refractivity contribution < 1.29 is 19.7 Å². The number of hydrogen-bond donors (Lipinski definition) is 2. The zero-order valence-electron chi connectivity index (χ0n) is 19.5. The van der Waals surface area contributed by atoms with E-state index in [1.54, 1.807) is 0 Å². The number of cyclic esters (lactones) is 1. The third kappa shape index (κ3) is 2.33. The number of aliphatic hydroxyl groups is 2. The Balaban J connectivity index is 1.62. The summed E-state index contributed by atoms with van der Waals surface area (Å²) in [5, 5.41) is 22.5. The highest BCUT2D eigenvalue weighted by atomic mass is 16.5. The number of carbonyl (C=O) groups is 1. The van der Waals surface area contributed by atoms with Crippen LogP contribution in [0.5, 0.6) is 0 Å². The fraction of sp³-hybridized carbons (Fsp3) is 0.885. The molecule has 4 aliphatic carbocycles. The molecule has 2 N–H and O–H groups in total. The fourth-order valence-corrected chi connectivity index (χ4v) is 9.78. The van der Waals surface area contributed by atoms with Crippen molar-refractivity contribution in [2.45, 2.75) is 98.2 Å². The Morgan fingerprint density at radius 1 is 1.03 bits per heavy atom. The average Bonchev–Trinajstić information content (AvgIpc) is 2.97. The molecule has 4 nitrogen and oxygen atoms in total. The first-order valence-electron chi connectivity index (χ1n) is 12.3. The monoisotopic (exact) mass is 416 g/mol. The smallest absolute Gasteiger partial charge is 0.335 e. The Morgan fingerprint density at radius 2 is 1.77 bits per heavy atom. The van der Waals surface area contributed by atoms with Gasteiger partial charge in [0.05, 0.1) is 6.10 Å². The van der Waals surface area contributed by atoms with Gasteiger partial charge < -0.3 is 14.9 Å².